The first-order chi connectivity index (χ1) is 7.97. The van der Waals surface area contributed by atoms with Crippen LogP contribution in [0.1, 0.15) is 13.3 Å². The molecule has 1 amide bonds. The van der Waals surface area contributed by atoms with Crippen molar-refractivity contribution in [2.45, 2.75) is 13.3 Å². The van der Waals surface area contributed by atoms with Gasteiger partial charge < -0.3 is 19.6 Å². The van der Waals surface area contributed by atoms with Crippen LogP contribution in [-0.4, -0.2) is 73.7 Å². The minimum absolute atomic E-state index is 0.178. The molecule has 0 atom stereocenters. The quantitative estimate of drug-likeness (QED) is 0.575. The van der Waals surface area contributed by atoms with Gasteiger partial charge in [0.05, 0.1) is 13.0 Å². The van der Waals surface area contributed by atoms with E-state index in [0.29, 0.717) is 26.3 Å². The second-order valence-corrected chi connectivity index (χ2v) is 3.96. The summed E-state index contributed by atoms with van der Waals surface area (Å²) in [5.74, 6) is -1.17. The van der Waals surface area contributed by atoms with E-state index in [1.807, 2.05) is 25.9 Å². The first kappa shape index (κ1) is 15.9. The summed E-state index contributed by atoms with van der Waals surface area (Å²) < 4.78 is 5.08. The maximum atomic E-state index is 11.7. The number of nitrogens with zero attached hydrogens (tertiary/aromatic N) is 2. The first-order valence-corrected chi connectivity index (χ1v) is 5.69. The molecule has 1 N–H and O–H groups in total. The number of carboxylic acids is 1. The molecule has 0 radical (unpaired) electrons. The molecule has 0 aliphatic carbocycles. The van der Waals surface area contributed by atoms with E-state index in [1.54, 1.807) is 0 Å². The van der Waals surface area contributed by atoms with Gasteiger partial charge in [0.15, 0.2) is 0 Å². The average molecular weight is 246 g/mol. The summed E-state index contributed by atoms with van der Waals surface area (Å²) in [6.07, 6.45) is 0.231. The Kier molecular flexibility index (Phi) is 8.35. The van der Waals surface area contributed by atoms with Crippen molar-refractivity contribution in [1.29, 1.82) is 0 Å². The third-order valence-corrected chi connectivity index (χ3v) is 2.16. The lowest BCUT2D eigenvalue weighted by atomic mass is 10.3. The number of carboxylic acid groups (broad SMARTS) is 1. The van der Waals surface area contributed by atoms with Crippen LogP contribution in [0.2, 0.25) is 0 Å². The lowest BCUT2D eigenvalue weighted by molar-refractivity contribution is -0.145. The highest BCUT2D eigenvalue weighted by molar-refractivity contribution is 5.81. The Bertz CT molecular complexity index is 244. The van der Waals surface area contributed by atoms with Gasteiger partial charge in [-0.3, -0.25) is 9.59 Å². The number of carbonyl (C=O) groups excluding carboxylic acids is 1. The molecular formula is C11H22N2O4. The Morgan fingerprint density at radius 3 is 2.35 bits per heavy atom. The van der Waals surface area contributed by atoms with Crippen LogP contribution < -0.4 is 0 Å². The van der Waals surface area contributed by atoms with E-state index in [2.05, 4.69) is 0 Å². The topological polar surface area (TPSA) is 70.1 Å². The molecule has 6 heteroatoms. The fourth-order valence-corrected chi connectivity index (χ4v) is 1.24. The van der Waals surface area contributed by atoms with Crippen molar-refractivity contribution in [1.82, 2.24) is 9.80 Å². The number of aliphatic carboxylic acids is 1. The lowest BCUT2D eigenvalue weighted by Crippen LogP contribution is -2.40. The van der Waals surface area contributed by atoms with Crippen LogP contribution in [0.15, 0.2) is 0 Å². The molecule has 100 valence electrons. The molecule has 0 heterocycles. The van der Waals surface area contributed by atoms with Crippen molar-refractivity contribution in [2.24, 2.45) is 0 Å². The predicted molar refractivity (Wildman–Crippen MR) is 63.9 cm³/mol. The SMILES string of the molecule is CCOCCC(=O)N(CCN(C)C)CC(=O)O. The summed E-state index contributed by atoms with van der Waals surface area (Å²) in [7, 11) is 3.76. The zero-order chi connectivity index (χ0) is 13.3. The van der Waals surface area contributed by atoms with Gasteiger partial charge in [0.2, 0.25) is 5.91 Å². The molecule has 0 saturated carbocycles. The van der Waals surface area contributed by atoms with E-state index in [4.69, 9.17) is 9.84 Å². The van der Waals surface area contributed by atoms with Gasteiger partial charge in [0, 0.05) is 19.7 Å². The molecule has 17 heavy (non-hydrogen) atoms. The van der Waals surface area contributed by atoms with Crippen molar-refractivity contribution < 1.29 is 19.4 Å². The Morgan fingerprint density at radius 1 is 1.24 bits per heavy atom. The molecule has 0 bridgehead atoms. The Morgan fingerprint density at radius 2 is 1.88 bits per heavy atom. The Balaban J connectivity index is 4.14. The normalized spacial score (nSPS) is 10.6. The van der Waals surface area contributed by atoms with Crippen LogP contribution in [-0.2, 0) is 14.3 Å². The van der Waals surface area contributed by atoms with Crippen molar-refractivity contribution in [2.75, 3.05) is 46.9 Å². The molecule has 0 unspecified atom stereocenters. The molecule has 0 aliphatic rings. The summed E-state index contributed by atoms with van der Waals surface area (Å²) in [5.41, 5.74) is 0. The second kappa shape index (κ2) is 8.95. The van der Waals surface area contributed by atoms with Crippen LogP contribution >= 0.6 is 0 Å². The van der Waals surface area contributed by atoms with Crippen molar-refractivity contribution in [3.63, 3.8) is 0 Å². The highest BCUT2D eigenvalue weighted by Gasteiger charge is 2.16. The van der Waals surface area contributed by atoms with Crippen LogP contribution in [0.5, 0.6) is 0 Å². The molecule has 0 aliphatic heterocycles. The fraction of sp³-hybridized carbons (Fsp3) is 0.818. The second-order valence-electron chi connectivity index (χ2n) is 3.96. The highest BCUT2D eigenvalue weighted by atomic mass is 16.5. The van der Waals surface area contributed by atoms with Gasteiger partial charge in [-0.15, -0.1) is 0 Å². The van der Waals surface area contributed by atoms with Crippen molar-refractivity contribution >= 4 is 11.9 Å². The fourth-order valence-electron chi connectivity index (χ4n) is 1.24. The molecule has 0 fully saturated rings. The molecule has 0 rings (SSSR count). The van der Waals surface area contributed by atoms with Gasteiger partial charge in [-0.2, -0.15) is 0 Å². The van der Waals surface area contributed by atoms with Crippen LogP contribution in [0.4, 0.5) is 0 Å². The average Bonchev–Trinajstić information content (AvgIpc) is 2.23. The third kappa shape index (κ3) is 8.65. The maximum Gasteiger partial charge on any atom is 0.323 e. The van der Waals surface area contributed by atoms with Crippen molar-refractivity contribution in [3.05, 3.63) is 0 Å². The van der Waals surface area contributed by atoms with Gasteiger partial charge in [0.25, 0.3) is 0 Å². The highest BCUT2D eigenvalue weighted by Crippen LogP contribution is 1.96. The summed E-state index contributed by atoms with van der Waals surface area (Å²) in [6.45, 7) is 3.57. The number of amides is 1. The smallest absolute Gasteiger partial charge is 0.323 e. The van der Waals surface area contributed by atoms with E-state index in [1.165, 1.54) is 4.90 Å². The van der Waals surface area contributed by atoms with Gasteiger partial charge in [0.1, 0.15) is 6.54 Å². The molecule has 0 aromatic heterocycles. The zero-order valence-electron chi connectivity index (χ0n) is 10.8. The Labute approximate surface area is 102 Å². The molecule has 0 saturated heterocycles. The summed E-state index contributed by atoms with van der Waals surface area (Å²) in [6, 6.07) is 0. The number of rotatable bonds is 9. The molecule has 0 aromatic rings. The van der Waals surface area contributed by atoms with Gasteiger partial charge in [-0.1, -0.05) is 0 Å². The van der Waals surface area contributed by atoms with E-state index in [0.717, 1.165) is 0 Å². The van der Waals surface area contributed by atoms with Crippen LogP contribution in [0.25, 0.3) is 0 Å². The third-order valence-electron chi connectivity index (χ3n) is 2.16. The first-order valence-electron chi connectivity index (χ1n) is 5.69. The zero-order valence-corrected chi connectivity index (χ0v) is 10.8. The number of carbonyl (C=O) groups is 2. The van der Waals surface area contributed by atoms with Crippen LogP contribution in [0, 0.1) is 0 Å². The van der Waals surface area contributed by atoms with Gasteiger partial charge in [-0.05, 0) is 21.0 Å². The number of likely N-dealkylation sites (N-methyl/N-ethyl adjacent to an activating group) is 1. The van der Waals surface area contributed by atoms with E-state index in [-0.39, 0.29) is 18.9 Å². The van der Waals surface area contributed by atoms with Crippen molar-refractivity contribution in [3.8, 4) is 0 Å². The maximum absolute atomic E-state index is 11.7. The Hall–Kier alpha value is -1.14. The van der Waals surface area contributed by atoms with E-state index in [9.17, 15) is 9.59 Å². The largest absolute Gasteiger partial charge is 0.480 e. The minimum Gasteiger partial charge on any atom is -0.480 e. The summed E-state index contributed by atoms with van der Waals surface area (Å²) in [4.78, 5) is 25.6. The summed E-state index contributed by atoms with van der Waals surface area (Å²) >= 11 is 0. The van der Waals surface area contributed by atoms with Gasteiger partial charge in [-0.25, -0.2) is 0 Å². The number of hydrogen-bond acceptors (Lipinski definition) is 4. The summed E-state index contributed by atoms with van der Waals surface area (Å²) in [5, 5.41) is 8.73. The standard InChI is InChI=1S/C11H22N2O4/c1-4-17-8-5-10(14)13(9-11(15)16)7-6-12(2)3/h4-9H2,1-3H3,(H,15,16). The lowest BCUT2D eigenvalue weighted by Gasteiger charge is -2.22. The number of ether oxygens (including phenoxy) is 1. The molecule has 6 nitrogen and oxygen atoms in total. The van der Waals surface area contributed by atoms with Gasteiger partial charge >= 0.3 is 5.97 Å². The molecule has 0 spiro atoms. The van der Waals surface area contributed by atoms with E-state index < -0.39 is 5.97 Å². The monoisotopic (exact) mass is 246 g/mol. The predicted octanol–water partition coefficient (Wildman–Crippen LogP) is -0.112. The molecule has 0 aromatic carbocycles. The number of hydrogen-bond donors (Lipinski definition) is 1. The van der Waals surface area contributed by atoms with Crippen LogP contribution in [0.3, 0.4) is 0 Å². The minimum atomic E-state index is -0.992. The molecular weight excluding hydrogens is 224 g/mol. The van der Waals surface area contributed by atoms with E-state index >= 15 is 0 Å².